The number of hydrogen-bond acceptors (Lipinski definition) is 5. The molecule has 0 fully saturated rings. The van der Waals surface area contributed by atoms with Crippen molar-refractivity contribution in [3.05, 3.63) is 55.0 Å². The minimum Gasteiger partial charge on any atom is -0.507 e. The Morgan fingerprint density at radius 2 is 1.70 bits per heavy atom. The largest absolute Gasteiger partial charge is 0.507 e. The van der Waals surface area contributed by atoms with E-state index in [-0.39, 0.29) is 11.7 Å². The molecule has 2 aromatic heterocycles. The quantitative estimate of drug-likeness (QED) is 0.742. The SMILES string of the molecule is Nc1ncc(-c2ccncc2)c(-c2ccccc2O)n1. The summed E-state index contributed by atoms with van der Waals surface area (Å²) in [4.78, 5) is 12.3. The monoisotopic (exact) mass is 264 g/mol. The minimum absolute atomic E-state index is 0.154. The number of rotatable bonds is 2. The second-order valence-electron chi connectivity index (χ2n) is 4.24. The fourth-order valence-corrected chi connectivity index (χ4v) is 2.02. The zero-order valence-corrected chi connectivity index (χ0v) is 10.6. The molecule has 0 unspecified atom stereocenters. The molecule has 0 radical (unpaired) electrons. The number of nitrogens with two attached hydrogens (primary N) is 1. The fourth-order valence-electron chi connectivity index (χ4n) is 2.02. The molecule has 3 rings (SSSR count). The summed E-state index contributed by atoms with van der Waals surface area (Å²) < 4.78 is 0. The number of benzene rings is 1. The van der Waals surface area contributed by atoms with Crippen molar-refractivity contribution in [3.8, 4) is 28.1 Å². The predicted octanol–water partition coefficient (Wildman–Crippen LogP) is 2.49. The van der Waals surface area contributed by atoms with Gasteiger partial charge in [0.2, 0.25) is 5.95 Å². The molecule has 0 aliphatic carbocycles. The summed E-state index contributed by atoms with van der Waals surface area (Å²) in [6.45, 7) is 0. The first-order chi connectivity index (χ1) is 9.75. The smallest absolute Gasteiger partial charge is 0.220 e. The van der Waals surface area contributed by atoms with Gasteiger partial charge in [0.1, 0.15) is 5.75 Å². The molecule has 0 bridgehead atoms. The molecule has 0 aliphatic heterocycles. The lowest BCUT2D eigenvalue weighted by Crippen LogP contribution is -1.98. The highest BCUT2D eigenvalue weighted by Crippen LogP contribution is 2.34. The summed E-state index contributed by atoms with van der Waals surface area (Å²) in [5, 5.41) is 10.0. The Bertz CT molecular complexity index is 744. The molecule has 1 aromatic carbocycles. The van der Waals surface area contributed by atoms with Gasteiger partial charge < -0.3 is 10.8 Å². The number of phenolic OH excluding ortho intramolecular Hbond substituents is 1. The molecular weight excluding hydrogens is 252 g/mol. The highest BCUT2D eigenvalue weighted by Gasteiger charge is 2.13. The number of pyridine rings is 1. The molecular formula is C15H12N4O. The topological polar surface area (TPSA) is 84.9 Å². The Morgan fingerprint density at radius 3 is 2.45 bits per heavy atom. The van der Waals surface area contributed by atoms with E-state index in [9.17, 15) is 5.11 Å². The van der Waals surface area contributed by atoms with E-state index in [1.165, 1.54) is 0 Å². The molecule has 2 heterocycles. The van der Waals surface area contributed by atoms with E-state index < -0.39 is 0 Å². The summed E-state index contributed by atoms with van der Waals surface area (Å²) in [7, 11) is 0. The lowest BCUT2D eigenvalue weighted by molar-refractivity contribution is 0.477. The number of anilines is 1. The molecule has 98 valence electrons. The van der Waals surface area contributed by atoms with Gasteiger partial charge in [-0.2, -0.15) is 0 Å². The first-order valence-corrected chi connectivity index (χ1v) is 6.07. The average molecular weight is 264 g/mol. The molecule has 3 aromatic rings. The second kappa shape index (κ2) is 4.97. The van der Waals surface area contributed by atoms with Gasteiger partial charge in [-0.25, -0.2) is 9.97 Å². The minimum atomic E-state index is 0.154. The highest BCUT2D eigenvalue weighted by atomic mass is 16.3. The molecule has 0 saturated carbocycles. The van der Waals surface area contributed by atoms with Gasteiger partial charge in [-0.3, -0.25) is 4.98 Å². The first kappa shape index (κ1) is 12.1. The van der Waals surface area contributed by atoms with E-state index >= 15 is 0 Å². The van der Waals surface area contributed by atoms with Gasteiger partial charge in [-0.15, -0.1) is 0 Å². The zero-order chi connectivity index (χ0) is 13.9. The normalized spacial score (nSPS) is 10.4. The van der Waals surface area contributed by atoms with Crippen molar-refractivity contribution in [1.29, 1.82) is 0 Å². The summed E-state index contributed by atoms with van der Waals surface area (Å²) in [6.07, 6.45) is 5.04. The van der Waals surface area contributed by atoms with Crippen molar-refractivity contribution in [2.75, 3.05) is 5.73 Å². The lowest BCUT2D eigenvalue weighted by atomic mass is 10.0. The Hall–Kier alpha value is -2.95. The number of nitrogen functional groups attached to an aromatic ring is 1. The number of para-hydroxylation sites is 1. The van der Waals surface area contributed by atoms with E-state index in [1.54, 1.807) is 36.8 Å². The number of aromatic nitrogens is 3. The van der Waals surface area contributed by atoms with Gasteiger partial charge >= 0.3 is 0 Å². The van der Waals surface area contributed by atoms with Crippen LogP contribution in [0.2, 0.25) is 0 Å². The zero-order valence-electron chi connectivity index (χ0n) is 10.6. The molecule has 0 aliphatic rings. The van der Waals surface area contributed by atoms with Crippen LogP contribution in [0.4, 0.5) is 5.95 Å². The van der Waals surface area contributed by atoms with E-state index in [0.717, 1.165) is 11.1 Å². The standard InChI is InChI=1S/C15H12N4O/c16-15-18-9-12(10-5-7-17-8-6-10)14(19-15)11-3-1-2-4-13(11)20/h1-9,20H,(H2,16,18,19). The number of hydrogen-bond donors (Lipinski definition) is 2. The van der Waals surface area contributed by atoms with Crippen LogP contribution in [0, 0.1) is 0 Å². The third-order valence-corrected chi connectivity index (χ3v) is 2.96. The molecule has 20 heavy (non-hydrogen) atoms. The summed E-state index contributed by atoms with van der Waals surface area (Å²) >= 11 is 0. The molecule has 3 N–H and O–H groups in total. The molecule has 0 amide bonds. The van der Waals surface area contributed by atoms with Crippen LogP contribution < -0.4 is 5.73 Å². The van der Waals surface area contributed by atoms with Crippen LogP contribution in [0.15, 0.2) is 55.0 Å². The van der Waals surface area contributed by atoms with Gasteiger partial charge in [-0.05, 0) is 29.8 Å². The lowest BCUT2D eigenvalue weighted by Gasteiger charge is -2.10. The van der Waals surface area contributed by atoms with Crippen molar-refractivity contribution in [2.45, 2.75) is 0 Å². The summed E-state index contributed by atoms with van der Waals surface area (Å²) in [5.74, 6) is 0.321. The van der Waals surface area contributed by atoms with Crippen molar-refractivity contribution in [1.82, 2.24) is 15.0 Å². The molecule has 0 saturated heterocycles. The van der Waals surface area contributed by atoms with Gasteiger partial charge in [0.25, 0.3) is 0 Å². The van der Waals surface area contributed by atoms with E-state index in [0.29, 0.717) is 11.3 Å². The van der Waals surface area contributed by atoms with Gasteiger partial charge in [0, 0.05) is 29.7 Å². The molecule has 5 heteroatoms. The maximum absolute atomic E-state index is 10.0. The Balaban J connectivity index is 2.25. The molecule has 5 nitrogen and oxygen atoms in total. The predicted molar refractivity (Wildman–Crippen MR) is 76.8 cm³/mol. The number of aromatic hydroxyl groups is 1. The molecule has 0 atom stereocenters. The van der Waals surface area contributed by atoms with Crippen molar-refractivity contribution >= 4 is 5.95 Å². The van der Waals surface area contributed by atoms with Crippen molar-refractivity contribution in [2.24, 2.45) is 0 Å². The summed E-state index contributed by atoms with van der Waals surface area (Å²) in [6, 6.07) is 10.7. The van der Waals surface area contributed by atoms with Crippen LogP contribution in [0.5, 0.6) is 5.75 Å². The second-order valence-corrected chi connectivity index (χ2v) is 4.24. The maximum Gasteiger partial charge on any atom is 0.220 e. The Labute approximate surface area is 115 Å². The maximum atomic E-state index is 10.0. The van der Waals surface area contributed by atoms with E-state index in [1.807, 2.05) is 18.2 Å². The number of phenols is 1. The average Bonchev–Trinajstić information content (AvgIpc) is 2.48. The first-order valence-electron chi connectivity index (χ1n) is 6.07. The van der Waals surface area contributed by atoms with Crippen LogP contribution in [0.25, 0.3) is 22.4 Å². The van der Waals surface area contributed by atoms with Crippen LogP contribution >= 0.6 is 0 Å². The van der Waals surface area contributed by atoms with Gasteiger partial charge in [-0.1, -0.05) is 12.1 Å². The van der Waals surface area contributed by atoms with Crippen molar-refractivity contribution < 1.29 is 5.11 Å². The molecule has 0 spiro atoms. The third-order valence-electron chi connectivity index (χ3n) is 2.96. The fraction of sp³-hybridized carbons (Fsp3) is 0. The van der Waals surface area contributed by atoms with Crippen molar-refractivity contribution in [3.63, 3.8) is 0 Å². The van der Waals surface area contributed by atoms with Gasteiger partial charge in [0.15, 0.2) is 0 Å². The number of nitrogens with zero attached hydrogens (tertiary/aromatic N) is 3. The van der Waals surface area contributed by atoms with Crippen LogP contribution in [0.3, 0.4) is 0 Å². The Morgan fingerprint density at radius 1 is 0.950 bits per heavy atom. The Kier molecular flexibility index (Phi) is 3.01. The third kappa shape index (κ3) is 2.16. The van der Waals surface area contributed by atoms with Gasteiger partial charge in [0.05, 0.1) is 5.69 Å². The van der Waals surface area contributed by atoms with Crippen LogP contribution in [0.1, 0.15) is 0 Å². The van der Waals surface area contributed by atoms with E-state index in [2.05, 4.69) is 15.0 Å². The van der Waals surface area contributed by atoms with Crippen LogP contribution in [-0.2, 0) is 0 Å². The van der Waals surface area contributed by atoms with E-state index in [4.69, 9.17) is 5.73 Å². The van der Waals surface area contributed by atoms with Crippen LogP contribution in [-0.4, -0.2) is 20.1 Å². The highest BCUT2D eigenvalue weighted by molar-refractivity contribution is 5.83. The summed E-state index contributed by atoms with van der Waals surface area (Å²) in [5.41, 5.74) is 8.60.